The van der Waals surface area contributed by atoms with Gasteiger partial charge in [0.15, 0.2) is 5.69 Å². The van der Waals surface area contributed by atoms with E-state index in [1.165, 1.54) is 0 Å². The lowest BCUT2D eigenvalue weighted by Crippen LogP contribution is -2.05. The summed E-state index contributed by atoms with van der Waals surface area (Å²) in [4.78, 5) is 11.3. The molecule has 0 aliphatic heterocycles. The highest BCUT2D eigenvalue weighted by atomic mass is 79.9. The van der Waals surface area contributed by atoms with Crippen LogP contribution in [0.5, 0.6) is 0 Å². The number of nitrogens with zero attached hydrogens (tertiary/aromatic N) is 2. The molecule has 2 aromatic rings. The summed E-state index contributed by atoms with van der Waals surface area (Å²) in [6, 6.07) is 3.43. The van der Waals surface area contributed by atoms with E-state index in [0.29, 0.717) is 15.7 Å². The van der Waals surface area contributed by atoms with E-state index < -0.39 is 5.97 Å². The van der Waals surface area contributed by atoms with E-state index in [1.54, 1.807) is 16.8 Å². The zero-order valence-electron chi connectivity index (χ0n) is 10.2. The third-order valence-corrected chi connectivity index (χ3v) is 4.36. The van der Waals surface area contributed by atoms with Crippen molar-refractivity contribution < 1.29 is 9.90 Å². The first-order valence-corrected chi connectivity index (χ1v) is 7.53. The molecule has 1 N–H and O–H groups in total. The molecule has 1 aliphatic rings. The number of aromatic carboxylic acids is 1. The highest BCUT2D eigenvalue weighted by molar-refractivity contribution is 9.10. The SMILES string of the molecule is O=C(O)c1nn(-c2c(Cl)cc(Br)cc2Cl)c2c1CCC2. The Hall–Kier alpha value is -1.04. The molecule has 20 heavy (non-hydrogen) atoms. The quantitative estimate of drug-likeness (QED) is 0.858. The van der Waals surface area contributed by atoms with E-state index in [2.05, 4.69) is 21.0 Å². The molecule has 0 radical (unpaired) electrons. The molecule has 1 aliphatic carbocycles. The van der Waals surface area contributed by atoms with Crippen LogP contribution < -0.4 is 0 Å². The normalized spacial score (nSPS) is 13.6. The van der Waals surface area contributed by atoms with E-state index in [4.69, 9.17) is 23.2 Å². The summed E-state index contributed by atoms with van der Waals surface area (Å²) in [6.07, 6.45) is 2.42. The number of aromatic nitrogens is 2. The molecule has 0 bridgehead atoms. The lowest BCUT2D eigenvalue weighted by molar-refractivity contribution is 0.0689. The molecule has 1 aromatic carbocycles. The van der Waals surface area contributed by atoms with Crippen molar-refractivity contribution in [1.82, 2.24) is 9.78 Å². The van der Waals surface area contributed by atoms with Gasteiger partial charge in [-0.15, -0.1) is 0 Å². The Morgan fingerprint density at radius 1 is 1.30 bits per heavy atom. The van der Waals surface area contributed by atoms with Crippen LogP contribution in [0.15, 0.2) is 16.6 Å². The van der Waals surface area contributed by atoms with Crippen LogP contribution in [0.4, 0.5) is 0 Å². The molecule has 0 saturated carbocycles. The fourth-order valence-electron chi connectivity index (χ4n) is 2.53. The number of rotatable bonds is 2. The van der Waals surface area contributed by atoms with Crippen LogP contribution >= 0.6 is 39.1 Å². The van der Waals surface area contributed by atoms with Gasteiger partial charge in [0.25, 0.3) is 0 Å². The number of carboxylic acids is 1. The third-order valence-electron chi connectivity index (χ3n) is 3.33. The lowest BCUT2D eigenvalue weighted by Gasteiger charge is -2.10. The van der Waals surface area contributed by atoms with Gasteiger partial charge in [-0.2, -0.15) is 5.10 Å². The smallest absolute Gasteiger partial charge is 0.356 e. The Balaban J connectivity index is 2.27. The molecule has 0 fully saturated rings. The Labute approximate surface area is 133 Å². The van der Waals surface area contributed by atoms with E-state index in [0.717, 1.165) is 35.0 Å². The second-order valence-corrected chi connectivity index (χ2v) is 6.29. The Morgan fingerprint density at radius 3 is 2.55 bits per heavy atom. The molecule has 0 unspecified atom stereocenters. The first-order chi connectivity index (χ1) is 9.49. The van der Waals surface area contributed by atoms with Crippen molar-refractivity contribution in [3.05, 3.63) is 43.6 Å². The van der Waals surface area contributed by atoms with Gasteiger partial charge in [0.05, 0.1) is 10.0 Å². The number of carbonyl (C=O) groups is 1. The van der Waals surface area contributed by atoms with Gasteiger partial charge in [-0.05, 0) is 31.4 Å². The van der Waals surface area contributed by atoms with Crippen LogP contribution in [-0.4, -0.2) is 20.9 Å². The van der Waals surface area contributed by atoms with Crippen molar-refractivity contribution in [3.8, 4) is 5.69 Å². The minimum absolute atomic E-state index is 0.0903. The predicted molar refractivity (Wildman–Crippen MR) is 80.3 cm³/mol. The average Bonchev–Trinajstić information content (AvgIpc) is 2.90. The summed E-state index contributed by atoms with van der Waals surface area (Å²) in [5.74, 6) is -1.02. The molecule has 0 spiro atoms. The monoisotopic (exact) mass is 374 g/mol. The number of benzene rings is 1. The summed E-state index contributed by atoms with van der Waals surface area (Å²) in [5.41, 5.74) is 2.29. The van der Waals surface area contributed by atoms with Gasteiger partial charge in [-0.1, -0.05) is 39.1 Å². The van der Waals surface area contributed by atoms with Crippen LogP contribution in [0.3, 0.4) is 0 Å². The minimum atomic E-state index is -1.02. The highest BCUT2D eigenvalue weighted by Crippen LogP contribution is 2.36. The van der Waals surface area contributed by atoms with E-state index >= 15 is 0 Å². The predicted octanol–water partition coefficient (Wildman–Crippen LogP) is 4.13. The molecule has 7 heteroatoms. The number of fused-ring (bicyclic) bond motifs is 1. The number of hydrogen-bond acceptors (Lipinski definition) is 2. The number of carboxylic acid groups (broad SMARTS) is 1. The van der Waals surface area contributed by atoms with E-state index in [-0.39, 0.29) is 5.69 Å². The fourth-order valence-corrected chi connectivity index (χ4v) is 3.90. The molecule has 104 valence electrons. The van der Waals surface area contributed by atoms with Gasteiger partial charge >= 0.3 is 5.97 Å². The highest BCUT2D eigenvalue weighted by Gasteiger charge is 2.28. The van der Waals surface area contributed by atoms with Crippen molar-refractivity contribution in [3.63, 3.8) is 0 Å². The zero-order valence-corrected chi connectivity index (χ0v) is 13.3. The van der Waals surface area contributed by atoms with Crippen molar-refractivity contribution >= 4 is 45.1 Å². The first kappa shape index (κ1) is 13.9. The maximum atomic E-state index is 11.3. The van der Waals surface area contributed by atoms with Gasteiger partial charge < -0.3 is 5.11 Å². The van der Waals surface area contributed by atoms with Crippen molar-refractivity contribution in [2.75, 3.05) is 0 Å². The molecular formula is C13H9BrCl2N2O2. The topological polar surface area (TPSA) is 55.1 Å². The lowest BCUT2D eigenvalue weighted by atomic mass is 10.2. The average molecular weight is 376 g/mol. The first-order valence-electron chi connectivity index (χ1n) is 5.98. The Bertz CT molecular complexity index is 704. The van der Waals surface area contributed by atoms with Gasteiger partial charge in [-0.3, -0.25) is 0 Å². The maximum Gasteiger partial charge on any atom is 0.356 e. The molecule has 0 saturated heterocycles. The molecule has 0 atom stereocenters. The van der Waals surface area contributed by atoms with Gasteiger partial charge in [0.1, 0.15) is 5.69 Å². The molecule has 1 aromatic heterocycles. The summed E-state index contributed by atoms with van der Waals surface area (Å²) in [5, 5.41) is 14.3. The molecule has 1 heterocycles. The van der Waals surface area contributed by atoms with Gasteiger partial charge in [0.2, 0.25) is 0 Å². The fraction of sp³-hybridized carbons (Fsp3) is 0.231. The molecule has 3 rings (SSSR count). The van der Waals surface area contributed by atoms with Crippen LogP contribution in [0, 0.1) is 0 Å². The van der Waals surface area contributed by atoms with Crippen LogP contribution in [-0.2, 0) is 12.8 Å². The summed E-state index contributed by atoms with van der Waals surface area (Å²) in [6.45, 7) is 0. The zero-order chi connectivity index (χ0) is 14.4. The number of halogens is 3. The minimum Gasteiger partial charge on any atom is -0.476 e. The summed E-state index contributed by atoms with van der Waals surface area (Å²) in [7, 11) is 0. The molecule has 0 amide bonds. The van der Waals surface area contributed by atoms with Gasteiger partial charge in [-0.25, -0.2) is 9.48 Å². The standard InChI is InChI=1S/C13H9BrCl2N2O2/c14-6-4-8(15)12(9(16)5-6)18-10-3-1-2-7(10)11(17-18)13(19)20/h4-5H,1-3H2,(H,19,20). The van der Waals surface area contributed by atoms with Crippen LogP contribution in [0.1, 0.15) is 28.2 Å². The Morgan fingerprint density at radius 2 is 1.95 bits per heavy atom. The van der Waals surface area contributed by atoms with Crippen molar-refractivity contribution in [2.45, 2.75) is 19.3 Å². The molecular weight excluding hydrogens is 367 g/mol. The van der Waals surface area contributed by atoms with Crippen molar-refractivity contribution in [1.29, 1.82) is 0 Å². The summed E-state index contributed by atoms with van der Waals surface area (Å²) >= 11 is 15.8. The third kappa shape index (κ3) is 2.14. The second kappa shape index (κ2) is 5.06. The van der Waals surface area contributed by atoms with Crippen molar-refractivity contribution in [2.24, 2.45) is 0 Å². The van der Waals surface area contributed by atoms with Crippen LogP contribution in [0.25, 0.3) is 5.69 Å². The second-order valence-electron chi connectivity index (χ2n) is 4.56. The largest absolute Gasteiger partial charge is 0.476 e. The summed E-state index contributed by atoms with van der Waals surface area (Å²) < 4.78 is 2.33. The van der Waals surface area contributed by atoms with Gasteiger partial charge in [0, 0.05) is 15.7 Å². The van der Waals surface area contributed by atoms with E-state index in [9.17, 15) is 9.90 Å². The molecule has 4 nitrogen and oxygen atoms in total. The van der Waals surface area contributed by atoms with E-state index in [1.807, 2.05) is 0 Å². The number of hydrogen-bond donors (Lipinski definition) is 1. The Kier molecular flexibility index (Phi) is 3.52. The maximum absolute atomic E-state index is 11.3. The van der Waals surface area contributed by atoms with Crippen LogP contribution in [0.2, 0.25) is 10.0 Å².